The average molecular weight is 439 g/mol. The molecule has 1 aliphatic rings. The van der Waals surface area contributed by atoms with E-state index in [1.807, 2.05) is 6.92 Å². The Morgan fingerprint density at radius 1 is 0.875 bits per heavy atom. The number of unbranched alkanes of at least 4 members (excludes halogenated alkanes) is 1. The van der Waals surface area contributed by atoms with Crippen LogP contribution in [0.25, 0.3) is 11.1 Å². The minimum Gasteiger partial charge on any atom is -0.460 e. The van der Waals surface area contributed by atoms with Crippen molar-refractivity contribution in [1.82, 2.24) is 0 Å². The summed E-state index contributed by atoms with van der Waals surface area (Å²) in [5.74, 6) is 0.0130. The fourth-order valence-electron chi connectivity index (χ4n) is 4.66. The van der Waals surface area contributed by atoms with E-state index in [9.17, 15) is 9.18 Å². The van der Waals surface area contributed by atoms with Crippen molar-refractivity contribution in [2.45, 2.75) is 96.8 Å². The summed E-state index contributed by atoms with van der Waals surface area (Å²) < 4.78 is 19.3. The molecule has 2 aromatic carbocycles. The van der Waals surface area contributed by atoms with Crippen LogP contribution in [-0.2, 0) is 22.4 Å². The minimum absolute atomic E-state index is 0.0957. The summed E-state index contributed by atoms with van der Waals surface area (Å²) in [7, 11) is 0. The van der Waals surface area contributed by atoms with Gasteiger partial charge in [0.25, 0.3) is 0 Å². The largest absolute Gasteiger partial charge is 0.460 e. The zero-order valence-electron chi connectivity index (χ0n) is 19.8. The second-order valence-electron chi connectivity index (χ2n) is 9.37. The van der Waals surface area contributed by atoms with Gasteiger partial charge in [0.05, 0.1) is 0 Å². The van der Waals surface area contributed by atoms with E-state index in [4.69, 9.17) is 4.74 Å². The van der Waals surface area contributed by atoms with Gasteiger partial charge in [-0.2, -0.15) is 0 Å². The molecule has 0 unspecified atom stereocenters. The summed E-state index contributed by atoms with van der Waals surface area (Å²) in [6, 6.07) is 17.9. The summed E-state index contributed by atoms with van der Waals surface area (Å²) in [5, 5.41) is 0. The fourth-order valence-corrected chi connectivity index (χ4v) is 4.66. The number of ether oxygens (including phenoxy) is 1. The highest BCUT2D eigenvalue weighted by Crippen LogP contribution is 2.30. The van der Waals surface area contributed by atoms with Crippen molar-refractivity contribution in [2.75, 3.05) is 0 Å². The summed E-state index contributed by atoms with van der Waals surface area (Å²) >= 11 is 0. The van der Waals surface area contributed by atoms with Crippen LogP contribution in [0.1, 0.15) is 82.8 Å². The number of rotatable bonds is 11. The highest BCUT2D eigenvalue weighted by Gasteiger charge is 2.27. The van der Waals surface area contributed by atoms with Crippen LogP contribution in [0.15, 0.2) is 48.5 Å². The molecule has 0 amide bonds. The van der Waals surface area contributed by atoms with Crippen molar-refractivity contribution in [2.24, 2.45) is 5.92 Å². The lowest BCUT2D eigenvalue weighted by atomic mass is 9.83. The zero-order chi connectivity index (χ0) is 22.8. The number of hydrogen-bond acceptors (Lipinski definition) is 2. The molecule has 0 radical (unpaired) electrons. The van der Waals surface area contributed by atoms with Crippen molar-refractivity contribution in [1.29, 1.82) is 0 Å². The average Bonchev–Trinajstić information content (AvgIpc) is 2.83. The van der Waals surface area contributed by atoms with Crippen LogP contribution < -0.4 is 0 Å². The van der Waals surface area contributed by atoms with Gasteiger partial charge in [0.1, 0.15) is 6.10 Å². The van der Waals surface area contributed by atoms with E-state index in [1.165, 1.54) is 28.7 Å². The monoisotopic (exact) mass is 438 g/mol. The van der Waals surface area contributed by atoms with Crippen molar-refractivity contribution >= 4 is 5.97 Å². The zero-order valence-corrected chi connectivity index (χ0v) is 19.8. The summed E-state index contributed by atoms with van der Waals surface area (Å²) in [4.78, 5) is 11.9. The van der Waals surface area contributed by atoms with Crippen LogP contribution in [0.3, 0.4) is 0 Å². The number of aryl methyl sites for hydroxylation is 2. The Bertz CT molecular complexity index is 804. The van der Waals surface area contributed by atoms with Crippen molar-refractivity contribution < 1.29 is 13.9 Å². The molecule has 0 bridgehead atoms. The van der Waals surface area contributed by atoms with E-state index >= 15 is 0 Å². The summed E-state index contributed by atoms with van der Waals surface area (Å²) in [5.41, 5.74) is 5.32. The standard InChI is InChI=1S/C29H39FO2/c1-3-5-7-28(30)29(31)32-27-20-14-24(15-21-27)9-8-23-12-18-26(19-13-23)25-16-10-22(6-4-2)11-17-25/h10-13,16-19,24,27-28H,3-9,14-15,20-21H2,1-2H3/t24?,27?,28-/m0/s1. The third-order valence-corrected chi connectivity index (χ3v) is 6.76. The molecule has 2 aromatic rings. The number of alkyl halides is 1. The molecular weight excluding hydrogens is 399 g/mol. The van der Waals surface area contributed by atoms with E-state index in [2.05, 4.69) is 55.5 Å². The van der Waals surface area contributed by atoms with Gasteiger partial charge in [0.15, 0.2) is 6.17 Å². The van der Waals surface area contributed by atoms with Crippen molar-refractivity contribution in [3.63, 3.8) is 0 Å². The number of hydrogen-bond donors (Lipinski definition) is 0. The molecule has 3 rings (SSSR count). The van der Waals surface area contributed by atoms with Crippen LogP contribution in [0.5, 0.6) is 0 Å². The van der Waals surface area contributed by atoms with Gasteiger partial charge in [-0.3, -0.25) is 0 Å². The Morgan fingerprint density at radius 3 is 1.97 bits per heavy atom. The van der Waals surface area contributed by atoms with E-state index in [-0.39, 0.29) is 12.5 Å². The van der Waals surface area contributed by atoms with Gasteiger partial charge >= 0.3 is 5.97 Å². The van der Waals surface area contributed by atoms with Gasteiger partial charge in [-0.15, -0.1) is 0 Å². The number of carbonyl (C=O) groups excluding carboxylic acids is 1. The molecule has 1 saturated carbocycles. The smallest absolute Gasteiger partial charge is 0.340 e. The molecular formula is C29H39FO2. The molecule has 3 heteroatoms. The molecule has 0 aliphatic heterocycles. The maximum Gasteiger partial charge on any atom is 0.340 e. The van der Waals surface area contributed by atoms with Crippen molar-refractivity contribution in [3.05, 3.63) is 59.7 Å². The maximum absolute atomic E-state index is 13.8. The first-order chi connectivity index (χ1) is 15.6. The SMILES string of the molecule is CCCC[C@H](F)C(=O)OC1CCC(CCc2ccc(-c3ccc(CCC)cc3)cc2)CC1. The van der Waals surface area contributed by atoms with Gasteiger partial charge in [-0.1, -0.05) is 81.6 Å². The van der Waals surface area contributed by atoms with E-state index < -0.39 is 12.1 Å². The van der Waals surface area contributed by atoms with Crippen LogP contribution in [0.4, 0.5) is 4.39 Å². The van der Waals surface area contributed by atoms with Gasteiger partial charge in [-0.25, -0.2) is 9.18 Å². The van der Waals surface area contributed by atoms with Gasteiger partial charge in [0.2, 0.25) is 0 Å². The Balaban J connectivity index is 1.39. The predicted octanol–water partition coefficient (Wildman–Crippen LogP) is 7.87. The molecule has 174 valence electrons. The lowest BCUT2D eigenvalue weighted by Crippen LogP contribution is -2.29. The molecule has 0 saturated heterocycles. The Labute approximate surface area is 193 Å². The first-order valence-corrected chi connectivity index (χ1v) is 12.6. The lowest BCUT2D eigenvalue weighted by molar-refractivity contribution is -0.157. The molecule has 1 aliphatic carbocycles. The third kappa shape index (κ3) is 7.46. The molecule has 2 nitrogen and oxygen atoms in total. The molecule has 0 spiro atoms. The Kier molecular flexibility index (Phi) is 9.77. The highest BCUT2D eigenvalue weighted by molar-refractivity contribution is 5.74. The second-order valence-corrected chi connectivity index (χ2v) is 9.37. The van der Waals surface area contributed by atoms with Crippen LogP contribution in [0.2, 0.25) is 0 Å². The molecule has 1 atom stereocenters. The number of esters is 1. The first-order valence-electron chi connectivity index (χ1n) is 12.6. The Hall–Kier alpha value is -2.16. The Morgan fingerprint density at radius 2 is 1.44 bits per heavy atom. The van der Waals surface area contributed by atoms with Gasteiger partial charge in [-0.05, 0) is 79.5 Å². The number of benzene rings is 2. The first kappa shape index (κ1) is 24.5. The lowest BCUT2D eigenvalue weighted by Gasteiger charge is -2.28. The summed E-state index contributed by atoms with van der Waals surface area (Å²) in [6.07, 6.45) is 8.77. The molecule has 1 fully saturated rings. The second kappa shape index (κ2) is 12.8. The van der Waals surface area contributed by atoms with Crippen LogP contribution in [-0.4, -0.2) is 18.2 Å². The van der Waals surface area contributed by atoms with Gasteiger partial charge < -0.3 is 4.74 Å². The highest BCUT2D eigenvalue weighted by atomic mass is 19.1. The molecule has 0 heterocycles. The van der Waals surface area contributed by atoms with Crippen molar-refractivity contribution in [3.8, 4) is 11.1 Å². The molecule has 0 N–H and O–H groups in total. The van der Waals surface area contributed by atoms with E-state index in [1.54, 1.807) is 0 Å². The van der Waals surface area contributed by atoms with Crippen LogP contribution in [0, 0.1) is 5.92 Å². The number of halogens is 1. The van der Waals surface area contributed by atoms with Crippen LogP contribution >= 0.6 is 0 Å². The number of carbonyl (C=O) groups is 1. The predicted molar refractivity (Wildman–Crippen MR) is 130 cm³/mol. The third-order valence-electron chi connectivity index (χ3n) is 6.76. The van der Waals surface area contributed by atoms with E-state index in [0.29, 0.717) is 5.92 Å². The van der Waals surface area contributed by atoms with E-state index in [0.717, 1.165) is 57.8 Å². The molecule has 0 aromatic heterocycles. The fraction of sp³-hybridized carbons (Fsp3) is 0.552. The molecule has 32 heavy (non-hydrogen) atoms. The van der Waals surface area contributed by atoms with Gasteiger partial charge in [0, 0.05) is 0 Å². The minimum atomic E-state index is -1.45. The topological polar surface area (TPSA) is 26.3 Å². The maximum atomic E-state index is 13.8. The quantitative estimate of drug-likeness (QED) is 0.334. The normalized spacial score (nSPS) is 19.5. The summed E-state index contributed by atoms with van der Waals surface area (Å²) in [6.45, 7) is 4.21.